The third-order valence-electron chi connectivity index (χ3n) is 5.31. The van der Waals surface area contributed by atoms with Gasteiger partial charge in [-0.15, -0.1) is 0 Å². The summed E-state index contributed by atoms with van der Waals surface area (Å²) in [4.78, 5) is 30.7. The Hall–Kier alpha value is -3.38. The zero-order valence-electron chi connectivity index (χ0n) is 17.7. The summed E-state index contributed by atoms with van der Waals surface area (Å²) < 4.78 is 1.60. The number of rotatable bonds is 5. The fourth-order valence-electron chi connectivity index (χ4n) is 3.44. The van der Waals surface area contributed by atoms with Gasteiger partial charge in [-0.3, -0.25) is 14.2 Å². The Morgan fingerprint density at radius 1 is 0.935 bits per heavy atom. The van der Waals surface area contributed by atoms with Crippen molar-refractivity contribution in [3.63, 3.8) is 0 Å². The zero-order chi connectivity index (χ0) is 22.0. The number of hydrogen-bond acceptors (Lipinski definition) is 4. The summed E-state index contributed by atoms with van der Waals surface area (Å²) in [5.41, 5.74) is 5.17. The minimum absolute atomic E-state index is 0.141. The van der Waals surface area contributed by atoms with Gasteiger partial charge in [-0.1, -0.05) is 54.2 Å². The molecule has 0 aliphatic rings. The summed E-state index contributed by atoms with van der Waals surface area (Å²) >= 11 is 1.26. The third-order valence-corrected chi connectivity index (χ3v) is 6.25. The SMILES string of the molecule is Cc1ccccc1-n1c(SCC(=O)Nc2cccc(C)c2C)nc2ccccc2c1=O. The predicted octanol–water partition coefficient (Wildman–Crippen LogP) is 5.04. The Labute approximate surface area is 185 Å². The largest absolute Gasteiger partial charge is 0.325 e. The van der Waals surface area contributed by atoms with Crippen LogP contribution in [-0.2, 0) is 4.79 Å². The van der Waals surface area contributed by atoms with Crippen LogP contribution in [0.25, 0.3) is 16.6 Å². The van der Waals surface area contributed by atoms with Gasteiger partial charge in [0.25, 0.3) is 5.56 Å². The number of amides is 1. The Bertz CT molecular complexity index is 1340. The van der Waals surface area contributed by atoms with Crippen LogP contribution in [0.4, 0.5) is 5.69 Å². The number of aromatic nitrogens is 2. The number of carbonyl (C=O) groups excluding carboxylic acids is 1. The number of para-hydroxylation sites is 2. The molecule has 0 saturated heterocycles. The van der Waals surface area contributed by atoms with Crippen LogP contribution in [0.15, 0.2) is 76.7 Å². The van der Waals surface area contributed by atoms with Crippen molar-refractivity contribution in [3.8, 4) is 5.69 Å². The van der Waals surface area contributed by atoms with Gasteiger partial charge in [-0.05, 0) is 61.7 Å². The van der Waals surface area contributed by atoms with E-state index in [9.17, 15) is 9.59 Å². The quantitative estimate of drug-likeness (QED) is 0.356. The van der Waals surface area contributed by atoms with E-state index in [1.165, 1.54) is 11.8 Å². The van der Waals surface area contributed by atoms with Gasteiger partial charge >= 0.3 is 0 Å². The molecule has 3 aromatic carbocycles. The first-order chi connectivity index (χ1) is 15.0. The Morgan fingerprint density at radius 2 is 1.65 bits per heavy atom. The molecule has 0 unspecified atom stereocenters. The van der Waals surface area contributed by atoms with E-state index in [1.807, 2.05) is 81.4 Å². The van der Waals surface area contributed by atoms with E-state index in [0.717, 1.165) is 28.1 Å². The molecule has 0 aliphatic heterocycles. The van der Waals surface area contributed by atoms with Crippen LogP contribution >= 0.6 is 11.8 Å². The van der Waals surface area contributed by atoms with E-state index in [-0.39, 0.29) is 17.2 Å². The average molecular weight is 430 g/mol. The molecule has 1 aromatic heterocycles. The number of aryl methyl sites for hydroxylation is 2. The summed E-state index contributed by atoms with van der Waals surface area (Å²) in [5, 5.41) is 4.01. The van der Waals surface area contributed by atoms with Gasteiger partial charge < -0.3 is 5.32 Å². The second kappa shape index (κ2) is 8.78. The Kier molecular flexibility index (Phi) is 5.91. The van der Waals surface area contributed by atoms with E-state index in [2.05, 4.69) is 5.32 Å². The minimum atomic E-state index is -0.141. The van der Waals surface area contributed by atoms with Crippen molar-refractivity contribution in [2.45, 2.75) is 25.9 Å². The molecule has 0 spiro atoms. The highest BCUT2D eigenvalue weighted by Gasteiger charge is 2.16. The number of hydrogen-bond donors (Lipinski definition) is 1. The first kappa shape index (κ1) is 20.9. The van der Waals surface area contributed by atoms with Crippen molar-refractivity contribution >= 4 is 34.3 Å². The molecule has 0 bridgehead atoms. The van der Waals surface area contributed by atoms with Gasteiger partial charge in [-0.25, -0.2) is 4.98 Å². The summed E-state index contributed by atoms with van der Waals surface area (Å²) in [5.74, 6) is 0.00164. The predicted molar refractivity (Wildman–Crippen MR) is 127 cm³/mol. The van der Waals surface area contributed by atoms with Gasteiger partial charge in [0.15, 0.2) is 5.16 Å². The van der Waals surface area contributed by atoms with Crippen LogP contribution in [0.1, 0.15) is 16.7 Å². The molecular weight excluding hydrogens is 406 g/mol. The highest BCUT2D eigenvalue weighted by atomic mass is 32.2. The lowest BCUT2D eigenvalue weighted by Crippen LogP contribution is -2.23. The maximum Gasteiger partial charge on any atom is 0.266 e. The third kappa shape index (κ3) is 4.25. The molecular formula is C25H23N3O2S. The van der Waals surface area contributed by atoms with Gasteiger partial charge in [0.1, 0.15) is 0 Å². The Morgan fingerprint density at radius 3 is 2.45 bits per heavy atom. The van der Waals surface area contributed by atoms with E-state index < -0.39 is 0 Å². The zero-order valence-corrected chi connectivity index (χ0v) is 18.5. The maximum absolute atomic E-state index is 13.3. The van der Waals surface area contributed by atoms with Gasteiger partial charge in [0.05, 0.1) is 22.3 Å². The smallest absolute Gasteiger partial charge is 0.266 e. The number of thioether (sulfide) groups is 1. The molecule has 1 amide bonds. The number of anilines is 1. The summed E-state index contributed by atoms with van der Waals surface area (Å²) in [6.07, 6.45) is 0. The molecule has 4 aromatic rings. The summed E-state index contributed by atoms with van der Waals surface area (Å²) in [6, 6.07) is 20.8. The molecule has 1 heterocycles. The summed E-state index contributed by atoms with van der Waals surface area (Å²) in [6.45, 7) is 5.96. The van der Waals surface area contributed by atoms with Crippen molar-refractivity contribution in [1.29, 1.82) is 0 Å². The van der Waals surface area contributed by atoms with Crippen LogP contribution in [0.2, 0.25) is 0 Å². The Balaban J connectivity index is 1.69. The van der Waals surface area contributed by atoms with E-state index in [0.29, 0.717) is 16.1 Å². The monoisotopic (exact) mass is 429 g/mol. The molecule has 5 nitrogen and oxygen atoms in total. The lowest BCUT2D eigenvalue weighted by atomic mass is 10.1. The van der Waals surface area contributed by atoms with E-state index >= 15 is 0 Å². The number of fused-ring (bicyclic) bond motifs is 1. The fraction of sp³-hybridized carbons (Fsp3) is 0.160. The van der Waals surface area contributed by atoms with Gasteiger partial charge in [-0.2, -0.15) is 0 Å². The molecule has 31 heavy (non-hydrogen) atoms. The van der Waals surface area contributed by atoms with Crippen LogP contribution in [0.5, 0.6) is 0 Å². The number of nitrogens with zero attached hydrogens (tertiary/aromatic N) is 2. The van der Waals surface area contributed by atoms with Crippen molar-refractivity contribution < 1.29 is 4.79 Å². The van der Waals surface area contributed by atoms with Crippen molar-refractivity contribution in [3.05, 3.63) is 93.8 Å². The molecule has 1 N–H and O–H groups in total. The first-order valence-electron chi connectivity index (χ1n) is 10.0. The van der Waals surface area contributed by atoms with E-state index in [1.54, 1.807) is 10.6 Å². The molecule has 0 fully saturated rings. The molecule has 0 radical (unpaired) electrons. The topological polar surface area (TPSA) is 64.0 Å². The molecule has 0 aliphatic carbocycles. The normalized spacial score (nSPS) is 10.9. The highest BCUT2D eigenvalue weighted by molar-refractivity contribution is 7.99. The molecule has 0 atom stereocenters. The van der Waals surface area contributed by atoms with Crippen molar-refractivity contribution in [2.75, 3.05) is 11.1 Å². The van der Waals surface area contributed by atoms with Crippen LogP contribution in [0.3, 0.4) is 0 Å². The lowest BCUT2D eigenvalue weighted by Gasteiger charge is -2.15. The van der Waals surface area contributed by atoms with E-state index in [4.69, 9.17) is 4.98 Å². The first-order valence-corrected chi connectivity index (χ1v) is 11.0. The molecule has 156 valence electrons. The highest BCUT2D eigenvalue weighted by Crippen LogP contribution is 2.24. The maximum atomic E-state index is 13.3. The van der Waals surface area contributed by atoms with Crippen LogP contribution < -0.4 is 10.9 Å². The van der Waals surface area contributed by atoms with Crippen LogP contribution in [0, 0.1) is 20.8 Å². The average Bonchev–Trinajstić information content (AvgIpc) is 2.76. The van der Waals surface area contributed by atoms with Crippen LogP contribution in [-0.4, -0.2) is 21.2 Å². The number of nitrogens with one attached hydrogen (secondary N) is 1. The van der Waals surface area contributed by atoms with Crippen molar-refractivity contribution in [1.82, 2.24) is 9.55 Å². The fourth-order valence-corrected chi connectivity index (χ4v) is 4.24. The number of carbonyl (C=O) groups is 1. The second-order valence-corrected chi connectivity index (χ2v) is 8.37. The standard InChI is InChI=1S/C25H23N3O2S/c1-16-10-8-13-20(18(16)3)26-23(29)15-31-25-27-21-12-6-5-11-19(21)24(30)28(25)22-14-7-4-9-17(22)2/h4-14H,15H2,1-3H3,(H,26,29). The molecule has 4 rings (SSSR count). The second-order valence-electron chi connectivity index (χ2n) is 7.42. The van der Waals surface area contributed by atoms with Gasteiger partial charge in [0.2, 0.25) is 5.91 Å². The lowest BCUT2D eigenvalue weighted by molar-refractivity contribution is -0.113. The summed E-state index contributed by atoms with van der Waals surface area (Å²) in [7, 11) is 0. The van der Waals surface area contributed by atoms with Crippen molar-refractivity contribution in [2.24, 2.45) is 0 Å². The molecule has 6 heteroatoms. The molecule has 0 saturated carbocycles. The van der Waals surface area contributed by atoms with Gasteiger partial charge in [0, 0.05) is 5.69 Å². The number of benzene rings is 3. The minimum Gasteiger partial charge on any atom is -0.325 e.